The summed E-state index contributed by atoms with van der Waals surface area (Å²) in [6.07, 6.45) is 8.65. The van der Waals surface area contributed by atoms with Crippen LogP contribution in [0.1, 0.15) is 44.9 Å². The highest BCUT2D eigenvalue weighted by Crippen LogP contribution is 2.55. The summed E-state index contributed by atoms with van der Waals surface area (Å²) in [6.45, 7) is 0.538. The summed E-state index contributed by atoms with van der Waals surface area (Å²) < 4.78 is 17.3. The maximum atomic E-state index is 9.63. The Kier molecular flexibility index (Phi) is 3.48. The highest BCUT2D eigenvalue weighted by atomic mass is 16.7. The fourth-order valence-corrected chi connectivity index (χ4v) is 4.56. The molecular weight excluding hydrogens is 266 g/mol. The van der Waals surface area contributed by atoms with Crippen molar-refractivity contribution in [1.29, 1.82) is 5.26 Å². The van der Waals surface area contributed by atoms with Crippen LogP contribution in [-0.4, -0.2) is 32.2 Å². The van der Waals surface area contributed by atoms with E-state index in [2.05, 4.69) is 6.07 Å². The first-order valence-corrected chi connectivity index (χ1v) is 8.44. The molecule has 1 saturated heterocycles. The summed E-state index contributed by atoms with van der Waals surface area (Å²) >= 11 is 0. The van der Waals surface area contributed by atoms with E-state index in [1.807, 2.05) is 0 Å². The van der Waals surface area contributed by atoms with Gasteiger partial charge in [0.2, 0.25) is 0 Å². The Labute approximate surface area is 126 Å². The molecule has 0 aromatic heterocycles. The van der Waals surface area contributed by atoms with E-state index in [0.717, 1.165) is 43.9 Å². The smallest absolute Gasteiger partial charge is 0.160 e. The molecule has 7 unspecified atom stereocenters. The lowest BCUT2D eigenvalue weighted by Crippen LogP contribution is -2.36. The van der Waals surface area contributed by atoms with Crippen molar-refractivity contribution >= 4 is 0 Å². The quantitative estimate of drug-likeness (QED) is 0.577. The van der Waals surface area contributed by atoms with Crippen molar-refractivity contribution in [3.8, 4) is 6.07 Å². The summed E-state index contributed by atoms with van der Waals surface area (Å²) in [4.78, 5) is 0. The minimum Gasteiger partial charge on any atom is -0.370 e. The molecule has 116 valence electrons. The summed E-state index contributed by atoms with van der Waals surface area (Å²) in [5.41, 5.74) is -0.262. The van der Waals surface area contributed by atoms with E-state index < -0.39 is 0 Å². The molecule has 4 nitrogen and oxygen atoms in total. The first kappa shape index (κ1) is 14.0. The van der Waals surface area contributed by atoms with Crippen LogP contribution < -0.4 is 0 Å². The van der Waals surface area contributed by atoms with Crippen molar-refractivity contribution in [1.82, 2.24) is 0 Å². The lowest BCUT2D eigenvalue weighted by atomic mass is 9.76. The van der Waals surface area contributed by atoms with Crippen molar-refractivity contribution in [3.05, 3.63) is 0 Å². The van der Waals surface area contributed by atoms with Crippen LogP contribution in [0.15, 0.2) is 0 Å². The number of ether oxygens (including phenoxy) is 3. The number of rotatable bonds is 5. The van der Waals surface area contributed by atoms with E-state index in [1.54, 1.807) is 7.11 Å². The van der Waals surface area contributed by atoms with Gasteiger partial charge in [0.1, 0.15) is 0 Å². The predicted octanol–water partition coefficient (Wildman–Crippen LogP) is 2.87. The van der Waals surface area contributed by atoms with E-state index in [9.17, 15) is 5.26 Å². The number of fused-ring (bicyclic) bond motifs is 2. The van der Waals surface area contributed by atoms with Crippen molar-refractivity contribution < 1.29 is 14.2 Å². The van der Waals surface area contributed by atoms with Crippen molar-refractivity contribution in [2.45, 2.75) is 63.4 Å². The molecule has 7 atom stereocenters. The van der Waals surface area contributed by atoms with E-state index in [-0.39, 0.29) is 11.7 Å². The molecular formula is C17H25NO3. The van der Waals surface area contributed by atoms with E-state index in [0.29, 0.717) is 24.7 Å². The fourth-order valence-electron chi connectivity index (χ4n) is 4.56. The van der Waals surface area contributed by atoms with Crippen molar-refractivity contribution in [2.24, 2.45) is 23.2 Å². The third-order valence-electron chi connectivity index (χ3n) is 6.14. The Morgan fingerprint density at radius 3 is 2.86 bits per heavy atom. The van der Waals surface area contributed by atoms with Gasteiger partial charge in [0.15, 0.2) is 6.29 Å². The Hall–Kier alpha value is -0.630. The fraction of sp³-hybridized carbons (Fsp3) is 0.941. The molecule has 4 heteroatoms. The second kappa shape index (κ2) is 5.22. The maximum absolute atomic E-state index is 9.63. The van der Waals surface area contributed by atoms with Crippen molar-refractivity contribution in [2.75, 3.05) is 13.7 Å². The SMILES string of the molecule is COC(OCC1(C#N)CCC2CC2C1)C1CCC2OC2C1. The van der Waals surface area contributed by atoms with E-state index >= 15 is 0 Å². The zero-order valence-electron chi connectivity index (χ0n) is 12.8. The van der Waals surface area contributed by atoms with Gasteiger partial charge in [-0.05, 0) is 56.8 Å². The van der Waals surface area contributed by atoms with Gasteiger partial charge in [0.25, 0.3) is 0 Å². The van der Waals surface area contributed by atoms with Gasteiger partial charge in [-0.15, -0.1) is 0 Å². The average molecular weight is 291 g/mol. The van der Waals surface area contributed by atoms with E-state index in [4.69, 9.17) is 14.2 Å². The molecule has 0 aromatic carbocycles. The number of nitriles is 1. The number of epoxide rings is 1. The first-order valence-electron chi connectivity index (χ1n) is 8.44. The number of hydrogen-bond acceptors (Lipinski definition) is 4. The third-order valence-corrected chi connectivity index (χ3v) is 6.14. The summed E-state index contributed by atoms with van der Waals surface area (Å²) in [5, 5.41) is 9.63. The molecule has 0 amide bonds. The van der Waals surface area contributed by atoms with Crippen LogP contribution in [0.3, 0.4) is 0 Å². The van der Waals surface area contributed by atoms with Gasteiger partial charge >= 0.3 is 0 Å². The predicted molar refractivity (Wildman–Crippen MR) is 76.2 cm³/mol. The van der Waals surface area contributed by atoms with E-state index in [1.165, 1.54) is 12.8 Å². The molecule has 0 N–H and O–H groups in total. The Balaban J connectivity index is 1.34. The molecule has 0 bridgehead atoms. The Bertz CT molecular complexity index is 448. The van der Waals surface area contributed by atoms with Crippen LogP contribution in [0.5, 0.6) is 0 Å². The monoisotopic (exact) mass is 291 g/mol. The second-order valence-electron chi connectivity index (χ2n) is 7.59. The average Bonchev–Trinajstić information content (AvgIpc) is 3.41. The molecule has 4 aliphatic rings. The molecule has 1 aliphatic heterocycles. The third kappa shape index (κ3) is 2.72. The minimum atomic E-state index is -0.262. The minimum absolute atomic E-state index is 0.169. The van der Waals surface area contributed by atoms with Crippen LogP contribution in [0.2, 0.25) is 0 Å². The molecule has 1 heterocycles. The number of methoxy groups -OCH3 is 1. The molecule has 0 spiro atoms. The van der Waals surface area contributed by atoms with Gasteiger partial charge in [-0.25, -0.2) is 0 Å². The first-order chi connectivity index (χ1) is 10.2. The molecule has 4 fully saturated rings. The van der Waals surface area contributed by atoms with Gasteiger partial charge in [0.05, 0.1) is 30.3 Å². The van der Waals surface area contributed by atoms with Crippen molar-refractivity contribution in [3.63, 3.8) is 0 Å². The van der Waals surface area contributed by atoms with Gasteiger partial charge in [-0.1, -0.05) is 0 Å². The van der Waals surface area contributed by atoms with Crippen LogP contribution in [0, 0.1) is 34.5 Å². The van der Waals surface area contributed by atoms with Gasteiger partial charge in [-0.3, -0.25) is 0 Å². The zero-order chi connectivity index (χ0) is 14.4. The van der Waals surface area contributed by atoms with Crippen LogP contribution in [0.25, 0.3) is 0 Å². The molecule has 3 aliphatic carbocycles. The molecule has 21 heavy (non-hydrogen) atoms. The van der Waals surface area contributed by atoms with Crippen LogP contribution in [0.4, 0.5) is 0 Å². The molecule has 4 rings (SSSR count). The van der Waals surface area contributed by atoms with Crippen LogP contribution >= 0.6 is 0 Å². The summed E-state index contributed by atoms with van der Waals surface area (Å²) in [7, 11) is 1.72. The topological polar surface area (TPSA) is 54.8 Å². The lowest BCUT2D eigenvalue weighted by molar-refractivity contribution is -0.175. The second-order valence-corrected chi connectivity index (χ2v) is 7.59. The van der Waals surface area contributed by atoms with Gasteiger partial charge in [-0.2, -0.15) is 5.26 Å². The highest BCUT2D eigenvalue weighted by molar-refractivity contribution is 5.08. The van der Waals surface area contributed by atoms with Crippen LogP contribution in [-0.2, 0) is 14.2 Å². The largest absolute Gasteiger partial charge is 0.370 e. The summed E-state index contributed by atoms with van der Waals surface area (Å²) in [6, 6.07) is 2.57. The number of hydrogen-bond donors (Lipinski definition) is 0. The molecule has 3 saturated carbocycles. The highest BCUT2D eigenvalue weighted by Gasteiger charge is 2.50. The normalized spacial score (nSPS) is 48.7. The number of nitrogens with zero attached hydrogens (tertiary/aromatic N) is 1. The summed E-state index contributed by atoms with van der Waals surface area (Å²) in [5.74, 6) is 2.12. The maximum Gasteiger partial charge on any atom is 0.160 e. The lowest BCUT2D eigenvalue weighted by Gasteiger charge is -2.34. The standard InChI is InChI=1S/C17H25NO3/c1-19-16(12-2-3-14-15(7-12)21-14)20-10-17(9-18)5-4-11-6-13(11)8-17/h11-16H,2-8,10H2,1H3. The Morgan fingerprint density at radius 2 is 2.14 bits per heavy atom. The van der Waals surface area contributed by atoms with Gasteiger partial charge < -0.3 is 14.2 Å². The molecule has 0 radical (unpaired) electrons. The Morgan fingerprint density at radius 1 is 1.24 bits per heavy atom. The zero-order valence-corrected chi connectivity index (χ0v) is 12.8. The molecule has 0 aromatic rings. The van der Waals surface area contributed by atoms with Gasteiger partial charge in [0, 0.05) is 13.0 Å².